The molecule has 0 saturated carbocycles. The molecule has 18 heavy (non-hydrogen) atoms. The van der Waals surface area contributed by atoms with Gasteiger partial charge in [-0.05, 0) is 24.3 Å². The summed E-state index contributed by atoms with van der Waals surface area (Å²) in [6.07, 6.45) is 4.85. The van der Waals surface area contributed by atoms with Gasteiger partial charge in [-0.15, -0.1) is 0 Å². The summed E-state index contributed by atoms with van der Waals surface area (Å²) >= 11 is 0. The molecule has 0 radical (unpaired) electrons. The van der Waals surface area contributed by atoms with Crippen LogP contribution in [0.4, 0.5) is 15.9 Å². The Bertz CT molecular complexity index is 685. The van der Waals surface area contributed by atoms with Crippen LogP contribution in [0.15, 0.2) is 48.9 Å². The molecule has 0 aliphatic heterocycles. The standard InChI is InChI=1S/C13H9FN4/c14-10-8-12(17-9-3-6-15-7-4-9)18-11-2-1-5-16-13(10)11/h1-8H,(H,15,17,18). The van der Waals surface area contributed by atoms with Crippen LogP contribution in [0, 0.1) is 5.82 Å². The van der Waals surface area contributed by atoms with Gasteiger partial charge in [0, 0.05) is 30.3 Å². The number of anilines is 2. The number of nitrogens with one attached hydrogen (secondary N) is 1. The molecule has 0 aliphatic carbocycles. The fourth-order valence-electron chi connectivity index (χ4n) is 1.67. The molecule has 0 aliphatic rings. The van der Waals surface area contributed by atoms with Gasteiger partial charge in [0.1, 0.15) is 11.3 Å². The van der Waals surface area contributed by atoms with E-state index in [0.717, 1.165) is 5.69 Å². The van der Waals surface area contributed by atoms with Crippen molar-refractivity contribution in [3.05, 3.63) is 54.7 Å². The van der Waals surface area contributed by atoms with Gasteiger partial charge in [-0.1, -0.05) is 0 Å². The highest BCUT2D eigenvalue weighted by Crippen LogP contribution is 2.19. The van der Waals surface area contributed by atoms with Crippen LogP contribution in [-0.2, 0) is 0 Å². The highest BCUT2D eigenvalue weighted by molar-refractivity contribution is 5.77. The summed E-state index contributed by atoms with van der Waals surface area (Å²) in [5.74, 6) is 0.0522. The second kappa shape index (κ2) is 4.37. The van der Waals surface area contributed by atoms with Crippen LogP contribution in [-0.4, -0.2) is 15.0 Å². The van der Waals surface area contributed by atoms with Gasteiger partial charge in [0.05, 0.1) is 5.52 Å². The number of nitrogens with zero attached hydrogens (tertiary/aromatic N) is 3. The zero-order valence-corrected chi connectivity index (χ0v) is 9.34. The van der Waals surface area contributed by atoms with Gasteiger partial charge >= 0.3 is 0 Å². The molecular formula is C13H9FN4. The first-order valence-electron chi connectivity index (χ1n) is 5.41. The van der Waals surface area contributed by atoms with Crippen molar-refractivity contribution in [2.75, 3.05) is 5.32 Å². The molecule has 0 spiro atoms. The van der Waals surface area contributed by atoms with Crippen LogP contribution in [0.2, 0.25) is 0 Å². The molecule has 4 nitrogen and oxygen atoms in total. The molecule has 0 aromatic carbocycles. The van der Waals surface area contributed by atoms with E-state index in [2.05, 4.69) is 20.3 Å². The maximum atomic E-state index is 13.8. The molecule has 0 unspecified atom stereocenters. The molecule has 0 amide bonds. The van der Waals surface area contributed by atoms with Gasteiger partial charge in [-0.25, -0.2) is 9.37 Å². The summed E-state index contributed by atoms with van der Waals surface area (Å²) in [6, 6.07) is 8.35. The van der Waals surface area contributed by atoms with E-state index in [1.54, 1.807) is 42.9 Å². The topological polar surface area (TPSA) is 50.7 Å². The molecule has 88 valence electrons. The van der Waals surface area contributed by atoms with Crippen molar-refractivity contribution in [3.8, 4) is 0 Å². The summed E-state index contributed by atoms with van der Waals surface area (Å²) in [6.45, 7) is 0. The van der Waals surface area contributed by atoms with Crippen LogP contribution in [0.25, 0.3) is 11.0 Å². The van der Waals surface area contributed by atoms with Gasteiger partial charge in [0.2, 0.25) is 0 Å². The van der Waals surface area contributed by atoms with Crippen molar-refractivity contribution in [3.63, 3.8) is 0 Å². The zero-order valence-electron chi connectivity index (χ0n) is 9.34. The maximum Gasteiger partial charge on any atom is 0.154 e. The molecule has 0 bridgehead atoms. The third-order valence-corrected chi connectivity index (χ3v) is 2.47. The van der Waals surface area contributed by atoms with Crippen LogP contribution in [0.1, 0.15) is 0 Å². The molecule has 3 aromatic rings. The largest absolute Gasteiger partial charge is 0.340 e. The Balaban J connectivity index is 2.03. The lowest BCUT2D eigenvalue weighted by molar-refractivity contribution is 0.636. The molecule has 0 fully saturated rings. The number of hydrogen-bond acceptors (Lipinski definition) is 4. The first-order chi connectivity index (χ1) is 8.83. The fourth-order valence-corrected chi connectivity index (χ4v) is 1.67. The van der Waals surface area contributed by atoms with Gasteiger partial charge in [-0.3, -0.25) is 9.97 Å². The fraction of sp³-hybridized carbons (Fsp3) is 0. The lowest BCUT2D eigenvalue weighted by atomic mass is 10.3. The SMILES string of the molecule is Fc1cc(Nc2ccncc2)nc2cccnc12. The average Bonchev–Trinajstić information content (AvgIpc) is 2.40. The van der Waals surface area contributed by atoms with Crippen LogP contribution < -0.4 is 5.32 Å². The van der Waals surface area contributed by atoms with E-state index in [9.17, 15) is 4.39 Å². The van der Waals surface area contributed by atoms with Crippen molar-refractivity contribution < 1.29 is 4.39 Å². The summed E-state index contributed by atoms with van der Waals surface area (Å²) in [4.78, 5) is 12.2. The van der Waals surface area contributed by atoms with E-state index in [1.165, 1.54) is 6.07 Å². The molecule has 0 saturated heterocycles. The first-order valence-corrected chi connectivity index (χ1v) is 5.41. The first kappa shape index (κ1) is 10.6. The van der Waals surface area contributed by atoms with E-state index < -0.39 is 5.82 Å². The Morgan fingerprint density at radius 2 is 1.89 bits per heavy atom. The molecule has 3 aromatic heterocycles. The molecule has 3 rings (SSSR count). The van der Waals surface area contributed by atoms with E-state index in [0.29, 0.717) is 11.3 Å². The number of hydrogen-bond donors (Lipinski definition) is 1. The lowest BCUT2D eigenvalue weighted by Crippen LogP contribution is -1.96. The monoisotopic (exact) mass is 240 g/mol. The Hall–Kier alpha value is -2.56. The lowest BCUT2D eigenvalue weighted by Gasteiger charge is -2.06. The second-order valence-electron chi connectivity index (χ2n) is 3.72. The van der Waals surface area contributed by atoms with Crippen LogP contribution >= 0.6 is 0 Å². The summed E-state index contributed by atoms with van der Waals surface area (Å²) in [7, 11) is 0. The van der Waals surface area contributed by atoms with Gasteiger partial charge in [0.15, 0.2) is 5.82 Å². The average molecular weight is 240 g/mol. The predicted molar refractivity (Wildman–Crippen MR) is 67.0 cm³/mol. The zero-order chi connectivity index (χ0) is 12.4. The molecule has 0 atom stereocenters. The Morgan fingerprint density at radius 3 is 2.72 bits per heavy atom. The minimum atomic E-state index is -0.392. The Kier molecular flexibility index (Phi) is 2.57. The normalized spacial score (nSPS) is 10.5. The Labute approximate surface area is 103 Å². The number of aromatic nitrogens is 3. The van der Waals surface area contributed by atoms with Crippen molar-refractivity contribution in [1.29, 1.82) is 0 Å². The van der Waals surface area contributed by atoms with E-state index in [1.807, 2.05) is 0 Å². The molecule has 5 heteroatoms. The number of rotatable bonds is 2. The van der Waals surface area contributed by atoms with Crippen molar-refractivity contribution in [1.82, 2.24) is 15.0 Å². The summed E-state index contributed by atoms with van der Waals surface area (Å²) in [5, 5.41) is 3.02. The summed E-state index contributed by atoms with van der Waals surface area (Å²) < 4.78 is 13.8. The highest BCUT2D eigenvalue weighted by Gasteiger charge is 2.06. The van der Waals surface area contributed by atoms with Crippen molar-refractivity contribution in [2.24, 2.45) is 0 Å². The highest BCUT2D eigenvalue weighted by atomic mass is 19.1. The van der Waals surface area contributed by atoms with Crippen molar-refractivity contribution >= 4 is 22.5 Å². The van der Waals surface area contributed by atoms with Gasteiger partial charge in [-0.2, -0.15) is 0 Å². The third-order valence-electron chi connectivity index (χ3n) is 2.47. The minimum Gasteiger partial charge on any atom is -0.340 e. The third kappa shape index (κ3) is 1.98. The minimum absolute atomic E-state index is 0.276. The van der Waals surface area contributed by atoms with Gasteiger partial charge in [0.25, 0.3) is 0 Å². The van der Waals surface area contributed by atoms with Crippen LogP contribution in [0.3, 0.4) is 0 Å². The molecule has 3 heterocycles. The smallest absolute Gasteiger partial charge is 0.154 e. The Morgan fingerprint density at radius 1 is 1.06 bits per heavy atom. The molecular weight excluding hydrogens is 231 g/mol. The number of fused-ring (bicyclic) bond motifs is 1. The number of pyridine rings is 3. The van der Waals surface area contributed by atoms with Crippen molar-refractivity contribution in [2.45, 2.75) is 0 Å². The van der Waals surface area contributed by atoms with E-state index >= 15 is 0 Å². The van der Waals surface area contributed by atoms with E-state index in [-0.39, 0.29) is 5.52 Å². The van der Waals surface area contributed by atoms with Gasteiger partial charge < -0.3 is 5.32 Å². The molecule has 1 N–H and O–H groups in total. The van der Waals surface area contributed by atoms with E-state index in [4.69, 9.17) is 0 Å². The van der Waals surface area contributed by atoms with Crippen LogP contribution in [0.5, 0.6) is 0 Å². The summed E-state index contributed by atoms with van der Waals surface area (Å²) in [5.41, 5.74) is 1.60. The quantitative estimate of drug-likeness (QED) is 0.748. The predicted octanol–water partition coefficient (Wildman–Crippen LogP) is 2.91. The number of halogens is 1. The second-order valence-corrected chi connectivity index (χ2v) is 3.72. The maximum absolute atomic E-state index is 13.8.